The summed E-state index contributed by atoms with van der Waals surface area (Å²) in [5, 5.41) is 0. The van der Waals surface area contributed by atoms with Crippen LogP contribution in [0.1, 0.15) is 5.56 Å². The van der Waals surface area contributed by atoms with Gasteiger partial charge in [-0.25, -0.2) is 17.5 Å². The van der Waals surface area contributed by atoms with Crippen LogP contribution >= 0.6 is 11.6 Å². The molecule has 5 nitrogen and oxygen atoms in total. The van der Waals surface area contributed by atoms with Gasteiger partial charge in [0.05, 0.1) is 30.3 Å². The van der Waals surface area contributed by atoms with Crippen molar-refractivity contribution >= 4 is 39.4 Å². The van der Waals surface area contributed by atoms with Crippen LogP contribution in [0.5, 0.6) is 0 Å². The molecule has 106 valence electrons. The van der Waals surface area contributed by atoms with Gasteiger partial charge in [0.2, 0.25) is 10.0 Å². The van der Waals surface area contributed by atoms with Gasteiger partial charge in [-0.1, -0.05) is 29.8 Å². The van der Waals surface area contributed by atoms with Crippen LogP contribution in [0.15, 0.2) is 41.1 Å². The molecule has 0 aromatic heterocycles. The molecule has 1 aliphatic rings. The lowest BCUT2D eigenvalue weighted by Crippen LogP contribution is -2.34. The highest BCUT2D eigenvalue weighted by Gasteiger charge is 2.32. The SMILES string of the molecule is COC(=O)C1=Cc2ccccc2N(S(C)(=O)=O)/C1=C/Cl. The third-order valence-electron chi connectivity index (χ3n) is 2.79. The number of ether oxygens (including phenoxy) is 1. The second-order valence-corrected chi connectivity index (χ2v) is 6.18. The number of anilines is 1. The van der Waals surface area contributed by atoms with Crippen molar-refractivity contribution in [3.05, 3.63) is 46.6 Å². The molecule has 1 aromatic rings. The smallest absolute Gasteiger partial charge is 0.340 e. The predicted octanol–water partition coefficient (Wildman–Crippen LogP) is 2.10. The number of rotatable bonds is 2. The van der Waals surface area contributed by atoms with Gasteiger partial charge >= 0.3 is 5.97 Å². The molecule has 7 heteroatoms. The lowest BCUT2D eigenvalue weighted by atomic mass is 10.0. The number of hydrogen-bond donors (Lipinski definition) is 0. The highest BCUT2D eigenvalue weighted by molar-refractivity contribution is 7.92. The summed E-state index contributed by atoms with van der Waals surface area (Å²) >= 11 is 5.73. The Morgan fingerprint density at radius 2 is 2.00 bits per heavy atom. The summed E-state index contributed by atoms with van der Waals surface area (Å²) in [6, 6.07) is 6.81. The van der Waals surface area contributed by atoms with Crippen LogP contribution in [0.4, 0.5) is 5.69 Å². The van der Waals surface area contributed by atoms with Gasteiger partial charge in [-0.2, -0.15) is 0 Å². The number of halogens is 1. The number of nitrogens with zero attached hydrogens (tertiary/aromatic N) is 1. The average Bonchev–Trinajstić information content (AvgIpc) is 2.43. The van der Waals surface area contributed by atoms with Gasteiger partial charge < -0.3 is 4.74 Å². The topological polar surface area (TPSA) is 63.7 Å². The second kappa shape index (κ2) is 5.30. The number of esters is 1. The number of carbonyl (C=O) groups is 1. The molecule has 0 aliphatic carbocycles. The fourth-order valence-electron chi connectivity index (χ4n) is 2.00. The molecule has 0 radical (unpaired) electrons. The Morgan fingerprint density at radius 1 is 1.35 bits per heavy atom. The van der Waals surface area contributed by atoms with E-state index < -0.39 is 16.0 Å². The van der Waals surface area contributed by atoms with E-state index in [1.165, 1.54) is 7.11 Å². The van der Waals surface area contributed by atoms with E-state index in [9.17, 15) is 13.2 Å². The van der Waals surface area contributed by atoms with E-state index >= 15 is 0 Å². The second-order valence-electron chi connectivity index (χ2n) is 4.13. The highest BCUT2D eigenvalue weighted by atomic mass is 35.5. The third kappa shape index (κ3) is 2.44. The van der Waals surface area contributed by atoms with Crippen LogP contribution in [0.2, 0.25) is 0 Å². The van der Waals surface area contributed by atoms with Crippen LogP contribution in [0, 0.1) is 0 Å². The molecule has 0 spiro atoms. The van der Waals surface area contributed by atoms with E-state index in [4.69, 9.17) is 11.6 Å². The largest absolute Gasteiger partial charge is 0.465 e. The lowest BCUT2D eigenvalue weighted by molar-refractivity contribution is -0.135. The zero-order valence-corrected chi connectivity index (χ0v) is 12.4. The third-order valence-corrected chi connectivity index (χ3v) is 4.05. The zero-order chi connectivity index (χ0) is 14.9. The van der Waals surface area contributed by atoms with Gasteiger partial charge in [0.25, 0.3) is 0 Å². The number of carbonyl (C=O) groups excluding carboxylic acids is 1. The van der Waals surface area contributed by atoms with Crippen molar-refractivity contribution in [1.29, 1.82) is 0 Å². The van der Waals surface area contributed by atoms with Gasteiger partial charge in [0.15, 0.2) is 0 Å². The van der Waals surface area contributed by atoms with Crippen LogP contribution in [0.3, 0.4) is 0 Å². The lowest BCUT2D eigenvalue weighted by Gasteiger charge is -2.30. The zero-order valence-electron chi connectivity index (χ0n) is 10.8. The Bertz CT molecular complexity index is 722. The van der Waals surface area contributed by atoms with E-state index in [1.807, 2.05) is 0 Å². The molecule has 0 bridgehead atoms. The summed E-state index contributed by atoms with van der Waals surface area (Å²) in [5.74, 6) is -0.653. The van der Waals surface area contributed by atoms with Crippen molar-refractivity contribution < 1.29 is 17.9 Å². The van der Waals surface area contributed by atoms with Crippen molar-refractivity contribution in [2.75, 3.05) is 17.7 Å². The Labute approximate surface area is 122 Å². The van der Waals surface area contributed by atoms with E-state index in [0.717, 1.165) is 16.1 Å². The van der Waals surface area contributed by atoms with Gasteiger partial charge in [-0.15, -0.1) is 0 Å². The van der Waals surface area contributed by atoms with Gasteiger partial charge in [0, 0.05) is 11.1 Å². The summed E-state index contributed by atoms with van der Waals surface area (Å²) in [7, 11) is -2.42. The molecule has 2 rings (SSSR count). The maximum absolute atomic E-state index is 12.0. The maximum atomic E-state index is 12.0. The molecule has 0 N–H and O–H groups in total. The predicted molar refractivity (Wildman–Crippen MR) is 77.7 cm³/mol. The first-order valence-corrected chi connectivity index (χ1v) is 7.88. The molecule has 0 atom stereocenters. The summed E-state index contributed by atoms with van der Waals surface area (Å²) < 4.78 is 29.7. The van der Waals surface area contributed by atoms with Crippen molar-refractivity contribution in [2.24, 2.45) is 0 Å². The van der Waals surface area contributed by atoms with Crippen LogP contribution < -0.4 is 4.31 Å². The van der Waals surface area contributed by atoms with Crippen LogP contribution in [-0.2, 0) is 19.6 Å². The number of hydrogen-bond acceptors (Lipinski definition) is 4. The Hall–Kier alpha value is -1.79. The van der Waals surface area contributed by atoms with Gasteiger partial charge in [0.1, 0.15) is 0 Å². The summed E-state index contributed by atoms with van der Waals surface area (Å²) in [6.45, 7) is 0. The first kappa shape index (κ1) is 14.6. The van der Waals surface area contributed by atoms with Crippen molar-refractivity contribution in [2.45, 2.75) is 0 Å². The summed E-state index contributed by atoms with van der Waals surface area (Å²) in [4.78, 5) is 11.8. The molecule has 1 heterocycles. The Morgan fingerprint density at radius 3 is 2.55 bits per heavy atom. The molecule has 0 amide bonds. The standard InChI is InChI=1S/C13H12ClNO4S/c1-19-13(16)10-7-9-5-3-4-6-11(9)15(12(10)8-14)20(2,17)18/h3-8H,1-2H3/b12-8+. The highest BCUT2D eigenvalue weighted by Crippen LogP contribution is 2.37. The number of benzene rings is 1. The Kier molecular flexibility index (Phi) is 3.87. The average molecular weight is 314 g/mol. The molecule has 0 unspecified atom stereocenters. The van der Waals surface area contributed by atoms with E-state index in [1.54, 1.807) is 30.3 Å². The molecule has 0 saturated heterocycles. The molecule has 0 fully saturated rings. The van der Waals surface area contributed by atoms with Crippen molar-refractivity contribution in [3.63, 3.8) is 0 Å². The quantitative estimate of drug-likeness (QED) is 0.784. The number of para-hydroxylation sites is 1. The molecular formula is C13H12ClNO4S. The minimum atomic E-state index is -3.64. The minimum Gasteiger partial charge on any atom is -0.465 e. The number of sulfonamides is 1. The molecule has 0 saturated carbocycles. The fourth-order valence-corrected chi connectivity index (χ4v) is 3.30. The molecule has 20 heavy (non-hydrogen) atoms. The van der Waals surface area contributed by atoms with Crippen molar-refractivity contribution in [3.8, 4) is 0 Å². The van der Waals surface area contributed by atoms with E-state index in [-0.39, 0.29) is 11.3 Å². The molecule has 1 aromatic carbocycles. The summed E-state index contributed by atoms with van der Waals surface area (Å²) in [5.41, 5.74) is 2.25. The first-order chi connectivity index (χ1) is 9.40. The number of methoxy groups -OCH3 is 1. The fraction of sp³-hybridized carbons (Fsp3) is 0.154. The van der Waals surface area contributed by atoms with E-state index in [2.05, 4.69) is 4.74 Å². The number of fused-ring (bicyclic) bond motifs is 1. The minimum absolute atomic E-state index is 0.0692. The van der Waals surface area contributed by atoms with Gasteiger partial charge in [-0.05, 0) is 12.1 Å². The van der Waals surface area contributed by atoms with E-state index in [0.29, 0.717) is 11.3 Å². The van der Waals surface area contributed by atoms with Gasteiger partial charge in [-0.3, -0.25) is 0 Å². The monoisotopic (exact) mass is 313 g/mol. The Balaban J connectivity index is 2.77. The maximum Gasteiger partial charge on any atom is 0.340 e. The normalized spacial score (nSPS) is 16.6. The van der Waals surface area contributed by atoms with Crippen molar-refractivity contribution in [1.82, 2.24) is 0 Å². The molecular weight excluding hydrogens is 302 g/mol. The van der Waals surface area contributed by atoms with Crippen LogP contribution in [-0.4, -0.2) is 27.8 Å². The van der Waals surface area contributed by atoms with Crippen LogP contribution in [0.25, 0.3) is 6.08 Å². The summed E-state index contributed by atoms with van der Waals surface area (Å²) in [6.07, 6.45) is 2.60. The molecule has 1 aliphatic heterocycles. The first-order valence-electron chi connectivity index (χ1n) is 5.60.